The zero-order valence-corrected chi connectivity index (χ0v) is 24.4. The minimum atomic E-state index is -1.79. The number of nitrogens with zero attached hydrogens (tertiary/aromatic N) is 6. The predicted octanol–water partition coefficient (Wildman–Crippen LogP) is 3.75. The Hall–Kier alpha value is -2.39. The summed E-state index contributed by atoms with van der Waals surface area (Å²) in [5.41, 5.74) is 2.03. The molecule has 0 amide bonds. The van der Waals surface area contributed by atoms with Crippen molar-refractivity contribution in [3.63, 3.8) is 0 Å². The summed E-state index contributed by atoms with van der Waals surface area (Å²) in [7, 11) is -0.893. The summed E-state index contributed by atoms with van der Waals surface area (Å²) in [6.07, 6.45) is 4.00. The molecule has 2 rings (SSSR count). The number of hydrogen-bond acceptors (Lipinski definition) is 9. The van der Waals surface area contributed by atoms with E-state index in [9.17, 15) is 9.59 Å². The zero-order valence-electron chi connectivity index (χ0n) is 22.4. The molecule has 11 nitrogen and oxygen atoms in total. The highest BCUT2D eigenvalue weighted by Gasteiger charge is 2.32. The lowest BCUT2D eigenvalue weighted by molar-refractivity contribution is 0.0584. The van der Waals surface area contributed by atoms with Crippen molar-refractivity contribution in [3.8, 4) is 0 Å². The Balaban J connectivity index is 1.73. The lowest BCUT2D eigenvalue weighted by Gasteiger charge is -2.34. The predicted molar refractivity (Wildman–Crippen MR) is 136 cm³/mol. The van der Waals surface area contributed by atoms with Crippen LogP contribution in [0.4, 0.5) is 0 Å². The van der Waals surface area contributed by atoms with E-state index >= 15 is 0 Å². The Morgan fingerprint density at radius 2 is 1.09 bits per heavy atom. The average molecular weight is 525 g/mol. The third-order valence-corrected chi connectivity index (χ3v) is 13.6. The van der Waals surface area contributed by atoms with Crippen molar-refractivity contribution >= 4 is 28.6 Å². The Morgan fingerprint density at radius 3 is 1.43 bits per heavy atom. The summed E-state index contributed by atoms with van der Waals surface area (Å²) >= 11 is 0. The molecule has 0 saturated heterocycles. The molecule has 0 atom stereocenters. The molecule has 196 valence electrons. The number of methoxy groups -OCH3 is 2. The van der Waals surface area contributed by atoms with Crippen molar-refractivity contribution in [2.24, 2.45) is 0 Å². The number of hydrogen-bond donors (Lipinski definition) is 0. The van der Waals surface area contributed by atoms with Gasteiger partial charge in [-0.2, -0.15) is 0 Å². The van der Waals surface area contributed by atoms with E-state index in [1.807, 2.05) is 13.8 Å². The monoisotopic (exact) mass is 524 g/mol. The first-order valence-corrected chi connectivity index (χ1v) is 18.3. The SMILES string of the molecule is COC(=O)c1nnn(CCCC[Si](C)(C)O[Si](C)(C)CCCCn2nnc(C(=O)OC)c2C)c1C. The maximum atomic E-state index is 11.7. The molecule has 2 aromatic rings. The molecule has 0 spiro atoms. The molecule has 0 radical (unpaired) electrons. The van der Waals surface area contributed by atoms with Crippen LogP contribution in [0.2, 0.25) is 38.3 Å². The third-order valence-electron chi connectivity index (χ3n) is 6.07. The van der Waals surface area contributed by atoms with Gasteiger partial charge < -0.3 is 13.6 Å². The van der Waals surface area contributed by atoms with Crippen LogP contribution in [0.5, 0.6) is 0 Å². The fourth-order valence-electron chi connectivity index (χ4n) is 4.19. The Morgan fingerprint density at radius 1 is 0.714 bits per heavy atom. The molecule has 0 fully saturated rings. The van der Waals surface area contributed by atoms with Crippen LogP contribution in [-0.4, -0.2) is 72.8 Å². The van der Waals surface area contributed by atoms with E-state index in [0.29, 0.717) is 0 Å². The summed E-state index contributed by atoms with van der Waals surface area (Å²) in [5.74, 6) is -0.907. The number of esters is 2. The molecule has 0 saturated carbocycles. The van der Waals surface area contributed by atoms with Gasteiger partial charge in [-0.3, -0.25) is 0 Å². The number of unbranched alkanes of at least 4 members (excludes halogenated alkanes) is 2. The van der Waals surface area contributed by atoms with Crippen LogP contribution in [0.1, 0.15) is 58.0 Å². The average Bonchev–Trinajstić information content (AvgIpc) is 3.34. The smallest absolute Gasteiger partial charge is 0.360 e. The quantitative estimate of drug-likeness (QED) is 0.206. The van der Waals surface area contributed by atoms with Gasteiger partial charge in [-0.25, -0.2) is 19.0 Å². The molecule has 0 unspecified atom stereocenters. The van der Waals surface area contributed by atoms with Crippen molar-refractivity contribution in [2.75, 3.05) is 14.2 Å². The number of ether oxygens (including phenoxy) is 2. The first kappa shape index (κ1) is 28.8. The Kier molecular flexibility index (Phi) is 10.3. The van der Waals surface area contributed by atoms with Gasteiger partial charge >= 0.3 is 11.9 Å². The second-order valence-corrected chi connectivity index (χ2v) is 18.9. The van der Waals surface area contributed by atoms with E-state index in [2.05, 4.69) is 46.8 Å². The Bertz CT molecular complexity index is 926. The van der Waals surface area contributed by atoms with Gasteiger partial charge in [0.05, 0.1) is 25.6 Å². The van der Waals surface area contributed by atoms with E-state index < -0.39 is 28.6 Å². The van der Waals surface area contributed by atoms with Crippen LogP contribution < -0.4 is 0 Å². The molecule has 13 heteroatoms. The molecule has 2 heterocycles. The highest BCUT2D eigenvalue weighted by atomic mass is 28.4. The lowest BCUT2D eigenvalue weighted by Crippen LogP contribution is -2.44. The second-order valence-electron chi connectivity index (χ2n) is 10.0. The van der Waals surface area contributed by atoms with E-state index in [-0.39, 0.29) is 11.4 Å². The minimum Gasteiger partial charge on any atom is -0.464 e. The van der Waals surface area contributed by atoms with Crippen LogP contribution in [0.25, 0.3) is 0 Å². The Labute approximate surface area is 209 Å². The highest BCUT2D eigenvalue weighted by molar-refractivity contribution is 6.84. The van der Waals surface area contributed by atoms with Gasteiger partial charge in [-0.15, -0.1) is 10.2 Å². The van der Waals surface area contributed by atoms with Crippen molar-refractivity contribution in [1.29, 1.82) is 0 Å². The van der Waals surface area contributed by atoms with E-state index in [1.54, 1.807) is 9.36 Å². The molecular weight excluding hydrogens is 484 g/mol. The van der Waals surface area contributed by atoms with Crippen molar-refractivity contribution in [1.82, 2.24) is 30.0 Å². The number of carbonyl (C=O) groups excluding carboxylic acids is 2. The normalized spacial score (nSPS) is 12.1. The van der Waals surface area contributed by atoms with Gasteiger partial charge in [0.1, 0.15) is 0 Å². The molecule has 0 bridgehead atoms. The molecule has 0 N–H and O–H groups in total. The van der Waals surface area contributed by atoms with E-state index in [4.69, 9.17) is 13.6 Å². The molecule has 2 aromatic heterocycles. The number of carbonyl (C=O) groups is 2. The highest BCUT2D eigenvalue weighted by Crippen LogP contribution is 2.25. The molecular formula is C22H40N6O5Si2. The van der Waals surface area contributed by atoms with E-state index in [1.165, 1.54) is 14.2 Å². The van der Waals surface area contributed by atoms with Crippen LogP contribution in [-0.2, 0) is 26.7 Å². The van der Waals surface area contributed by atoms with Crippen LogP contribution in [0.3, 0.4) is 0 Å². The molecule has 0 aliphatic rings. The standard InChI is InChI=1S/C22H40N6O5Si2/c1-17-19(21(29)31-3)23-25-27(17)13-9-11-15-34(5,6)33-35(7,8)16-12-10-14-28-18(2)20(24-26-28)22(30)32-4/h9-16H2,1-8H3. The van der Waals surface area contributed by atoms with Gasteiger partial charge in [-0.05, 0) is 65.0 Å². The summed E-state index contributed by atoms with van der Waals surface area (Å²) in [6.45, 7) is 14.3. The van der Waals surface area contributed by atoms with Gasteiger partial charge in [0.2, 0.25) is 0 Å². The topological polar surface area (TPSA) is 123 Å². The van der Waals surface area contributed by atoms with Gasteiger partial charge in [0, 0.05) is 13.1 Å². The molecule has 35 heavy (non-hydrogen) atoms. The first-order chi connectivity index (χ1) is 16.4. The second kappa shape index (κ2) is 12.5. The largest absolute Gasteiger partial charge is 0.464 e. The van der Waals surface area contributed by atoms with Gasteiger partial charge in [0.25, 0.3) is 0 Å². The fourth-order valence-corrected chi connectivity index (χ4v) is 13.2. The molecule has 0 aromatic carbocycles. The fraction of sp³-hybridized carbons (Fsp3) is 0.727. The third kappa shape index (κ3) is 8.35. The lowest BCUT2D eigenvalue weighted by atomic mass is 10.3. The van der Waals surface area contributed by atoms with E-state index in [0.717, 1.165) is 62.2 Å². The van der Waals surface area contributed by atoms with Crippen LogP contribution in [0, 0.1) is 13.8 Å². The van der Waals surface area contributed by atoms with Crippen molar-refractivity contribution < 1.29 is 23.2 Å². The van der Waals surface area contributed by atoms with Gasteiger partial charge in [-0.1, -0.05) is 23.3 Å². The maximum absolute atomic E-state index is 11.7. The molecule has 0 aliphatic heterocycles. The van der Waals surface area contributed by atoms with Crippen molar-refractivity contribution in [3.05, 3.63) is 22.8 Å². The summed E-state index contributed by atoms with van der Waals surface area (Å²) < 4.78 is 19.8. The molecule has 0 aliphatic carbocycles. The number of rotatable bonds is 14. The summed E-state index contributed by atoms with van der Waals surface area (Å²) in [4.78, 5) is 23.4. The first-order valence-electron chi connectivity index (χ1n) is 12.1. The van der Waals surface area contributed by atoms with Crippen LogP contribution in [0.15, 0.2) is 0 Å². The summed E-state index contributed by atoms with van der Waals surface area (Å²) in [5, 5.41) is 16.0. The number of aromatic nitrogens is 6. The van der Waals surface area contributed by atoms with Crippen LogP contribution >= 0.6 is 0 Å². The zero-order chi connectivity index (χ0) is 26.2. The number of aryl methyl sites for hydroxylation is 2. The maximum Gasteiger partial charge on any atom is 0.360 e. The summed E-state index contributed by atoms with van der Waals surface area (Å²) in [6, 6.07) is 2.16. The minimum absolute atomic E-state index is 0.279. The van der Waals surface area contributed by atoms with Gasteiger partial charge in [0.15, 0.2) is 28.0 Å². The van der Waals surface area contributed by atoms with Crippen molar-refractivity contribution in [2.45, 2.75) is 90.9 Å².